The van der Waals surface area contributed by atoms with Gasteiger partial charge >= 0.3 is 5.97 Å². The second kappa shape index (κ2) is 6.63. The van der Waals surface area contributed by atoms with Gasteiger partial charge in [0.1, 0.15) is 5.69 Å². The van der Waals surface area contributed by atoms with E-state index in [0.29, 0.717) is 0 Å². The van der Waals surface area contributed by atoms with Crippen LogP contribution in [0, 0.1) is 5.92 Å². The molecule has 0 unspecified atom stereocenters. The summed E-state index contributed by atoms with van der Waals surface area (Å²) in [7, 11) is 0. The first-order valence-corrected chi connectivity index (χ1v) is 8.84. The highest BCUT2D eigenvalue weighted by atomic mass is 16.4. The number of rotatable bonds is 4. The summed E-state index contributed by atoms with van der Waals surface area (Å²) in [5.41, 5.74) is 3.73. The number of nitrogens with zero attached hydrogens (tertiary/aromatic N) is 1. The van der Waals surface area contributed by atoms with Crippen LogP contribution in [0.25, 0.3) is 10.9 Å². The van der Waals surface area contributed by atoms with Gasteiger partial charge in [0, 0.05) is 29.7 Å². The smallest absolute Gasteiger partial charge is 0.352 e. The Morgan fingerprint density at radius 3 is 2.56 bits per heavy atom. The summed E-state index contributed by atoms with van der Waals surface area (Å²) < 4.78 is 0. The van der Waals surface area contributed by atoms with Gasteiger partial charge in [0.15, 0.2) is 0 Å². The van der Waals surface area contributed by atoms with Crippen LogP contribution in [-0.2, 0) is 6.42 Å². The van der Waals surface area contributed by atoms with Gasteiger partial charge in [-0.2, -0.15) is 0 Å². The first-order chi connectivity index (χ1) is 12.2. The van der Waals surface area contributed by atoms with Gasteiger partial charge in [-0.15, -0.1) is 0 Å². The minimum absolute atomic E-state index is 0.244. The molecule has 1 fully saturated rings. The van der Waals surface area contributed by atoms with Crippen LogP contribution in [0.4, 0.5) is 5.69 Å². The summed E-state index contributed by atoms with van der Waals surface area (Å²) in [6.45, 7) is 2.11. The van der Waals surface area contributed by atoms with E-state index in [9.17, 15) is 4.79 Å². The van der Waals surface area contributed by atoms with E-state index < -0.39 is 5.97 Å². The van der Waals surface area contributed by atoms with E-state index in [1.165, 1.54) is 24.1 Å². The van der Waals surface area contributed by atoms with Crippen LogP contribution in [0.1, 0.15) is 28.9 Å². The van der Waals surface area contributed by atoms with E-state index in [4.69, 9.17) is 5.11 Å². The topological polar surface area (TPSA) is 56.3 Å². The number of nitrogens with one attached hydrogen (secondary N) is 1. The highest BCUT2D eigenvalue weighted by Gasteiger charge is 2.20. The summed E-state index contributed by atoms with van der Waals surface area (Å²) in [5.74, 6) is -0.173. The van der Waals surface area contributed by atoms with E-state index in [1.54, 1.807) is 6.07 Å². The lowest BCUT2D eigenvalue weighted by molar-refractivity contribution is 0.0691. The summed E-state index contributed by atoms with van der Waals surface area (Å²) >= 11 is 0. The molecule has 0 radical (unpaired) electrons. The van der Waals surface area contributed by atoms with Crippen molar-refractivity contribution in [1.82, 2.24) is 4.98 Å². The molecule has 0 saturated carbocycles. The number of aromatic carboxylic acids is 1. The minimum Gasteiger partial charge on any atom is -0.477 e. The van der Waals surface area contributed by atoms with Crippen LogP contribution in [0.3, 0.4) is 0 Å². The summed E-state index contributed by atoms with van der Waals surface area (Å²) in [5, 5.41) is 10.1. The molecule has 4 heteroatoms. The van der Waals surface area contributed by atoms with Gasteiger partial charge in [-0.1, -0.05) is 30.3 Å². The van der Waals surface area contributed by atoms with Crippen LogP contribution in [0.15, 0.2) is 54.6 Å². The molecule has 128 valence electrons. The number of H-pyrrole nitrogens is 1. The maximum Gasteiger partial charge on any atom is 0.352 e. The Hall–Kier alpha value is -2.75. The number of hydrogen-bond donors (Lipinski definition) is 2. The van der Waals surface area contributed by atoms with Gasteiger partial charge in [0.25, 0.3) is 0 Å². The lowest BCUT2D eigenvalue weighted by Crippen LogP contribution is -2.34. The third kappa shape index (κ3) is 3.38. The zero-order valence-corrected chi connectivity index (χ0v) is 14.1. The average Bonchev–Trinajstić information content (AvgIpc) is 3.07. The zero-order chi connectivity index (χ0) is 17.2. The minimum atomic E-state index is -0.917. The molecule has 0 spiro atoms. The molecule has 1 aliphatic rings. The van der Waals surface area contributed by atoms with E-state index >= 15 is 0 Å². The van der Waals surface area contributed by atoms with Crippen molar-refractivity contribution in [2.45, 2.75) is 19.3 Å². The maximum absolute atomic E-state index is 11.1. The predicted octanol–water partition coefficient (Wildman–Crippen LogP) is 4.33. The van der Waals surface area contributed by atoms with Crippen LogP contribution in [-0.4, -0.2) is 29.1 Å². The Kier molecular flexibility index (Phi) is 4.18. The van der Waals surface area contributed by atoms with Crippen LogP contribution < -0.4 is 4.90 Å². The monoisotopic (exact) mass is 334 g/mol. The molecule has 4 nitrogen and oxygen atoms in total. The maximum atomic E-state index is 11.1. The number of piperidine rings is 1. The van der Waals surface area contributed by atoms with Gasteiger partial charge in [-0.25, -0.2) is 4.79 Å². The van der Waals surface area contributed by atoms with Crippen molar-refractivity contribution in [3.05, 3.63) is 65.9 Å². The standard InChI is InChI=1S/C21H22N2O2/c24-21(25)20-14-17-13-18(6-7-19(17)22-20)23-10-8-16(9-11-23)12-15-4-2-1-3-5-15/h1-7,13-14,16,22H,8-12H2,(H,24,25). The molecule has 1 aliphatic heterocycles. The van der Waals surface area contributed by atoms with E-state index in [2.05, 4.69) is 52.3 Å². The average molecular weight is 334 g/mol. The molecule has 1 aromatic heterocycles. The van der Waals surface area contributed by atoms with Crippen molar-refractivity contribution in [2.75, 3.05) is 18.0 Å². The number of aromatic nitrogens is 1. The number of carboxylic acid groups (broad SMARTS) is 1. The van der Waals surface area contributed by atoms with Crippen molar-refractivity contribution in [2.24, 2.45) is 5.92 Å². The van der Waals surface area contributed by atoms with E-state index in [1.807, 2.05) is 6.07 Å². The molecule has 25 heavy (non-hydrogen) atoms. The molecule has 2 heterocycles. The lowest BCUT2D eigenvalue weighted by Gasteiger charge is -2.33. The number of carbonyl (C=O) groups is 1. The van der Waals surface area contributed by atoms with Gasteiger partial charge in [-0.05, 0) is 55.0 Å². The summed E-state index contributed by atoms with van der Waals surface area (Å²) in [6, 6.07) is 18.6. The molecule has 3 aromatic rings. The molecule has 1 saturated heterocycles. The first kappa shape index (κ1) is 15.8. The van der Waals surface area contributed by atoms with E-state index in [0.717, 1.165) is 36.3 Å². The number of anilines is 1. The van der Waals surface area contributed by atoms with Gasteiger partial charge in [0.05, 0.1) is 0 Å². The van der Waals surface area contributed by atoms with Gasteiger partial charge in [0.2, 0.25) is 0 Å². The third-order valence-electron chi connectivity index (χ3n) is 5.18. The molecular formula is C21H22N2O2. The Balaban J connectivity index is 1.43. The summed E-state index contributed by atoms with van der Waals surface area (Å²) in [4.78, 5) is 16.5. The predicted molar refractivity (Wildman–Crippen MR) is 100 cm³/mol. The highest BCUT2D eigenvalue weighted by molar-refractivity contribution is 5.94. The molecule has 0 bridgehead atoms. The van der Waals surface area contributed by atoms with Gasteiger partial charge < -0.3 is 15.0 Å². The second-order valence-electron chi connectivity index (χ2n) is 6.88. The van der Waals surface area contributed by atoms with Crippen molar-refractivity contribution >= 4 is 22.6 Å². The lowest BCUT2D eigenvalue weighted by atomic mass is 9.90. The molecule has 4 rings (SSSR count). The molecule has 0 aliphatic carbocycles. The van der Waals surface area contributed by atoms with Crippen molar-refractivity contribution in [3.8, 4) is 0 Å². The number of carboxylic acids is 1. The Morgan fingerprint density at radius 1 is 1.08 bits per heavy atom. The van der Waals surface area contributed by atoms with Crippen molar-refractivity contribution < 1.29 is 9.90 Å². The fraction of sp³-hybridized carbons (Fsp3) is 0.286. The molecular weight excluding hydrogens is 312 g/mol. The normalized spacial score (nSPS) is 15.6. The van der Waals surface area contributed by atoms with Crippen molar-refractivity contribution in [3.63, 3.8) is 0 Å². The van der Waals surface area contributed by atoms with Crippen molar-refractivity contribution in [1.29, 1.82) is 0 Å². The molecule has 0 atom stereocenters. The third-order valence-corrected chi connectivity index (χ3v) is 5.18. The Bertz CT molecular complexity index is 877. The number of aromatic amines is 1. The largest absolute Gasteiger partial charge is 0.477 e. The van der Waals surface area contributed by atoms with Crippen LogP contribution in [0.2, 0.25) is 0 Å². The SMILES string of the molecule is O=C(O)c1cc2cc(N3CCC(Cc4ccccc4)CC3)ccc2[nH]1. The van der Waals surface area contributed by atoms with Gasteiger partial charge in [-0.3, -0.25) is 0 Å². The van der Waals surface area contributed by atoms with Crippen LogP contribution >= 0.6 is 0 Å². The fourth-order valence-corrected chi connectivity index (χ4v) is 3.77. The van der Waals surface area contributed by atoms with Crippen LogP contribution in [0.5, 0.6) is 0 Å². The number of benzene rings is 2. The highest BCUT2D eigenvalue weighted by Crippen LogP contribution is 2.28. The summed E-state index contributed by atoms with van der Waals surface area (Å²) in [6.07, 6.45) is 3.55. The quantitative estimate of drug-likeness (QED) is 0.747. The van der Waals surface area contributed by atoms with E-state index in [-0.39, 0.29) is 5.69 Å². The number of hydrogen-bond acceptors (Lipinski definition) is 2. The zero-order valence-electron chi connectivity index (χ0n) is 14.1. The molecule has 0 amide bonds. The fourth-order valence-electron chi connectivity index (χ4n) is 3.77. The molecule has 2 N–H and O–H groups in total. The number of fused-ring (bicyclic) bond motifs is 1. The Labute approximate surface area is 147 Å². The second-order valence-corrected chi connectivity index (χ2v) is 6.88. The Morgan fingerprint density at radius 2 is 1.84 bits per heavy atom. The molecule has 2 aromatic carbocycles. The first-order valence-electron chi connectivity index (χ1n) is 8.84.